The van der Waals surface area contributed by atoms with Crippen LogP contribution in [0.25, 0.3) is 0 Å². The van der Waals surface area contributed by atoms with E-state index < -0.39 is 10.0 Å². The zero-order chi connectivity index (χ0) is 17.9. The van der Waals surface area contributed by atoms with Crippen molar-refractivity contribution < 1.29 is 13.2 Å². The van der Waals surface area contributed by atoms with Crippen LogP contribution >= 0.6 is 11.3 Å². The van der Waals surface area contributed by atoms with Gasteiger partial charge < -0.3 is 10.6 Å². The van der Waals surface area contributed by atoms with Crippen LogP contribution in [0.5, 0.6) is 0 Å². The van der Waals surface area contributed by atoms with Crippen molar-refractivity contribution in [2.45, 2.75) is 19.9 Å². The van der Waals surface area contributed by atoms with Crippen LogP contribution in [-0.2, 0) is 23.0 Å². The second kappa shape index (κ2) is 7.45. The monoisotopic (exact) mass is 379 g/mol. The molecule has 6 nitrogen and oxygen atoms in total. The summed E-state index contributed by atoms with van der Waals surface area (Å²) in [4.78, 5) is 14.1. The van der Waals surface area contributed by atoms with Gasteiger partial charge in [0.05, 0.1) is 18.0 Å². The van der Waals surface area contributed by atoms with Crippen molar-refractivity contribution in [3.05, 3.63) is 51.7 Å². The number of nitrogens with one attached hydrogen (secondary N) is 2. The van der Waals surface area contributed by atoms with Crippen LogP contribution < -0.4 is 14.9 Å². The minimum absolute atomic E-state index is 0.0797. The number of thiophene rings is 1. The van der Waals surface area contributed by atoms with Gasteiger partial charge in [0.2, 0.25) is 10.0 Å². The second-order valence-corrected chi connectivity index (χ2v) is 9.27. The van der Waals surface area contributed by atoms with E-state index in [2.05, 4.69) is 10.6 Å². The zero-order valence-electron chi connectivity index (χ0n) is 14.0. The summed E-state index contributed by atoms with van der Waals surface area (Å²) in [5.41, 5.74) is 1.79. The molecule has 0 unspecified atom stereocenters. The lowest BCUT2D eigenvalue weighted by Crippen LogP contribution is -2.40. The summed E-state index contributed by atoms with van der Waals surface area (Å²) in [5, 5.41) is 5.35. The maximum Gasteiger partial charge on any atom is 0.315 e. The number of hydrogen-bond acceptors (Lipinski definition) is 4. The fraction of sp³-hybridized carbons (Fsp3) is 0.353. The van der Waals surface area contributed by atoms with Gasteiger partial charge in [-0.1, -0.05) is 18.2 Å². The third kappa shape index (κ3) is 4.32. The Hall–Kier alpha value is -2.06. The van der Waals surface area contributed by atoms with Crippen molar-refractivity contribution in [1.82, 2.24) is 10.6 Å². The lowest BCUT2D eigenvalue weighted by atomic mass is 10.2. The molecule has 0 fully saturated rings. The van der Waals surface area contributed by atoms with Crippen molar-refractivity contribution in [3.8, 4) is 0 Å². The van der Waals surface area contributed by atoms with Gasteiger partial charge in [0.25, 0.3) is 0 Å². The van der Waals surface area contributed by atoms with Crippen molar-refractivity contribution in [1.29, 1.82) is 0 Å². The average molecular weight is 380 g/mol. The third-order valence-electron chi connectivity index (χ3n) is 4.05. The number of sulfonamides is 1. The Morgan fingerprint density at radius 3 is 2.76 bits per heavy atom. The molecule has 0 saturated carbocycles. The first-order chi connectivity index (χ1) is 12.0. The van der Waals surface area contributed by atoms with E-state index in [-0.39, 0.29) is 18.3 Å². The number of urea groups is 1. The topological polar surface area (TPSA) is 78.5 Å². The average Bonchev–Trinajstić information content (AvgIpc) is 3.19. The van der Waals surface area contributed by atoms with E-state index in [1.54, 1.807) is 11.3 Å². The molecule has 2 N–H and O–H groups in total. The Morgan fingerprint density at radius 2 is 2.00 bits per heavy atom. The molecule has 2 amide bonds. The Morgan fingerprint density at radius 1 is 1.20 bits per heavy atom. The normalized spacial score (nSPS) is 13.6. The Labute approximate surface area is 151 Å². The number of para-hydroxylation sites is 1. The number of aryl methyl sites for hydroxylation is 1. The Kier molecular flexibility index (Phi) is 5.29. The molecule has 25 heavy (non-hydrogen) atoms. The molecule has 2 aromatic rings. The first-order valence-corrected chi connectivity index (χ1v) is 10.5. The molecule has 1 aliphatic rings. The van der Waals surface area contributed by atoms with Crippen LogP contribution in [0.15, 0.2) is 36.4 Å². The summed E-state index contributed by atoms with van der Waals surface area (Å²) in [6, 6.07) is 11.1. The number of benzene rings is 1. The highest BCUT2D eigenvalue weighted by Crippen LogP contribution is 2.29. The van der Waals surface area contributed by atoms with Crippen LogP contribution in [0.1, 0.15) is 15.3 Å². The summed E-state index contributed by atoms with van der Waals surface area (Å²) in [5.74, 6) is -0.118. The molecule has 134 valence electrons. The van der Waals surface area contributed by atoms with Gasteiger partial charge in [-0.15, -0.1) is 11.3 Å². The third-order valence-corrected chi connectivity index (χ3v) is 6.82. The number of amides is 2. The van der Waals surface area contributed by atoms with Crippen LogP contribution in [0.4, 0.5) is 10.5 Å². The van der Waals surface area contributed by atoms with Gasteiger partial charge in [-0.2, -0.15) is 0 Å². The fourth-order valence-electron chi connectivity index (χ4n) is 2.81. The largest absolute Gasteiger partial charge is 0.337 e. The Balaban J connectivity index is 1.47. The van der Waals surface area contributed by atoms with Crippen molar-refractivity contribution >= 4 is 33.1 Å². The van der Waals surface area contributed by atoms with Crippen LogP contribution in [0.2, 0.25) is 0 Å². The number of hydrogen-bond donors (Lipinski definition) is 2. The van der Waals surface area contributed by atoms with E-state index in [4.69, 9.17) is 0 Å². The maximum absolute atomic E-state index is 12.5. The molecule has 0 atom stereocenters. The molecule has 3 rings (SSSR count). The van der Waals surface area contributed by atoms with Crippen molar-refractivity contribution in [2.24, 2.45) is 0 Å². The van der Waals surface area contributed by atoms with Gasteiger partial charge in [0.1, 0.15) is 0 Å². The van der Waals surface area contributed by atoms with Gasteiger partial charge >= 0.3 is 6.03 Å². The van der Waals surface area contributed by atoms with Crippen LogP contribution in [-0.4, -0.2) is 33.3 Å². The number of carbonyl (C=O) groups is 1. The zero-order valence-corrected chi connectivity index (χ0v) is 15.6. The minimum Gasteiger partial charge on any atom is -0.337 e. The van der Waals surface area contributed by atoms with Gasteiger partial charge in [0, 0.05) is 22.8 Å². The van der Waals surface area contributed by atoms with E-state index in [1.165, 1.54) is 9.18 Å². The number of fused-ring (bicyclic) bond motifs is 1. The van der Waals surface area contributed by atoms with Crippen molar-refractivity contribution in [2.75, 3.05) is 23.1 Å². The van der Waals surface area contributed by atoms with Gasteiger partial charge in [-0.3, -0.25) is 4.31 Å². The lowest BCUT2D eigenvalue weighted by molar-refractivity contribution is 0.241. The molecule has 0 aliphatic carbocycles. The molecule has 0 bridgehead atoms. The maximum atomic E-state index is 12.5. The smallest absolute Gasteiger partial charge is 0.315 e. The second-order valence-electron chi connectivity index (χ2n) is 5.89. The minimum atomic E-state index is -3.44. The van der Waals surface area contributed by atoms with Crippen LogP contribution in [0, 0.1) is 6.92 Å². The quantitative estimate of drug-likeness (QED) is 0.808. The highest BCUT2D eigenvalue weighted by Gasteiger charge is 2.28. The summed E-state index contributed by atoms with van der Waals surface area (Å²) in [7, 11) is -3.44. The predicted molar refractivity (Wildman–Crippen MR) is 101 cm³/mol. The number of nitrogens with zero attached hydrogens (tertiary/aromatic N) is 1. The SMILES string of the molecule is Cc1ccc(CNC(=O)NCCS(=O)(=O)N2CCc3ccccc32)s1. The standard InChI is InChI=1S/C17H21N3O3S2/c1-13-6-7-15(24-13)12-19-17(21)18-9-11-25(22,23)20-10-8-14-4-2-3-5-16(14)20/h2-7H,8-12H2,1H3,(H2,18,19,21). The molecular weight excluding hydrogens is 358 g/mol. The summed E-state index contributed by atoms with van der Waals surface area (Å²) in [6.07, 6.45) is 0.726. The fourth-order valence-corrected chi connectivity index (χ4v) is 5.07. The summed E-state index contributed by atoms with van der Waals surface area (Å²) in [6.45, 7) is 2.99. The molecule has 1 aliphatic heterocycles. The molecule has 0 spiro atoms. The van der Waals surface area contributed by atoms with E-state index in [0.717, 1.165) is 22.5 Å². The van der Waals surface area contributed by atoms with Crippen molar-refractivity contribution in [3.63, 3.8) is 0 Å². The number of anilines is 1. The molecule has 0 radical (unpaired) electrons. The summed E-state index contributed by atoms with van der Waals surface area (Å²) < 4.78 is 26.5. The first-order valence-electron chi connectivity index (χ1n) is 8.11. The van der Waals surface area contributed by atoms with Gasteiger partial charge in [-0.25, -0.2) is 13.2 Å². The highest BCUT2D eigenvalue weighted by molar-refractivity contribution is 7.92. The molecule has 2 heterocycles. The first kappa shape index (κ1) is 17.8. The lowest BCUT2D eigenvalue weighted by Gasteiger charge is -2.19. The molecule has 8 heteroatoms. The molecule has 0 saturated heterocycles. The predicted octanol–water partition coefficient (Wildman–Crippen LogP) is 2.25. The molecule has 1 aromatic heterocycles. The van der Waals surface area contributed by atoms with Crippen LogP contribution in [0.3, 0.4) is 0 Å². The number of carbonyl (C=O) groups excluding carboxylic acids is 1. The van der Waals surface area contributed by atoms with E-state index in [0.29, 0.717) is 13.1 Å². The van der Waals surface area contributed by atoms with E-state index >= 15 is 0 Å². The highest BCUT2D eigenvalue weighted by atomic mass is 32.2. The molecular formula is C17H21N3O3S2. The van der Waals surface area contributed by atoms with E-state index in [1.807, 2.05) is 43.3 Å². The Bertz CT molecular complexity index is 862. The van der Waals surface area contributed by atoms with E-state index in [9.17, 15) is 13.2 Å². The molecule has 1 aromatic carbocycles. The van der Waals surface area contributed by atoms with Gasteiger partial charge in [-0.05, 0) is 37.1 Å². The summed E-state index contributed by atoms with van der Waals surface area (Å²) >= 11 is 1.62. The van der Waals surface area contributed by atoms with Gasteiger partial charge in [0.15, 0.2) is 0 Å². The number of rotatable bonds is 6.